The second-order valence-corrected chi connectivity index (χ2v) is 9.24. The van der Waals surface area contributed by atoms with Gasteiger partial charge in [-0.2, -0.15) is 0 Å². The monoisotopic (exact) mass is 470 g/mol. The third-order valence-corrected chi connectivity index (χ3v) is 7.03. The number of hydrogen-bond donors (Lipinski definition) is 2. The van der Waals surface area contributed by atoms with E-state index in [1.807, 2.05) is 4.90 Å². The number of aromatic carboxylic acids is 1. The molecule has 2 aliphatic carbocycles. The fourth-order valence-corrected chi connectivity index (χ4v) is 5.21. The summed E-state index contributed by atoms with van der Waals surface area (Å²) in [5, 5.41) is 12.2. The molecular formula is C24H27FN4O5. The van der Waals surface area contributed by atoms with Crippen molar-refractivity contribution in [3.05, 3.63) is 46.0 Å². The Bertz CT molecular complexity index is 1240. The summed E-state index contributed by atoms with van der Waals surface area (Å²) in [4.78, 5) is 42.4. The number of allylic oxidation sites excluding steroid dienone is 1. The molecule has 1 saturated heterocycles. The van der Waals surface area contributed by atoms with Crippen LogP contribution < -0.4 is 15.6 Å². The van der Waals surface area contributed by atoms with Crippen LogP contribution >= 0.6 is 0 Å². The van der Waals surface area contributed by atoms with Gasteiger partial charge in [0.2, 0.25) is 5.43 Å². The molecule has 1 amide bonds. The van der Waals surface area contributed by atoms with Crippen LogP contribution in [0.1, 0.15) is 42.6 Å². The quantitative estimate of drug-likeness (QED) is 0.624. The topological polar surface area (TPSA) is 114 Å². The number of aromatic nitrogens is 2. The van der Waals surface area contributed by atoms with E-state index in [1.54, 1.807) is 11.5 Å². The number of halogens is 1. The van der Waals surface area contributed by atoms with Gasteiger partial charge in [0.05, 0.1) is 12.0 Å². The Morgan fingerprint density at radius 3 is 2.82 bits per heavy atom. The predicted octanol–water partition coefficient (Wildman–Crippen LogP) is 2.94. The summed E-state index contributed by atoms with van der Waals surface area (Å²) >= 11 is 0. The Labute approximate surface area is 195 Å². The molecule has 34 heavy (non-hydrogen) atoms. The van der Waals surface area contributed by atoms with Gasteiger partial charge in [0.1, 0.15) is 11.2 Å². The van der Waals surface area contributed by atoms with Crippen LogP contribution in [0.3, 0.4) is 0 Å². The molecule has 1 aliphatic heterocycles. The fraction of sp³-hybridized carbons (Fsp3) is 0.500. The zero-order valence-corrected chi connectivity index (χ0v) is 18.9. The lowest BCUT2D eigenvalue weighted by Gasteiger charge is -2.29. The van der Waals surface area contributed by atoms with Crippen LogP contribution in [0, 0.1) is 23.6 Å². The van der Waals surface area contributed by atoms with Crippen LogP contribution in [0.4, 0.5) is 15.0 Å². The number of ether oxygens (including phenoxy) is 1. The van der Waals surface area contributed by atoms with Gasteiger partial charge in [0.25, 0.3) is 0 Å². The lowest BCUT2D eigenvalue weighted by molar-refractivity contribution is 0.0694. The minimum Gasteiger partial charge on any atom is -0.477 e. The van der Waals surface area contributed by atoms with E-state index in [-0.39, 0.29) is 40.6 Å². The molecule has 5 rings (SSSR count). The third-order valence-electron chi connectivity index (χ3n) is 7.03. The van der Waals surface area contributed by atoms with Crippen molar-refractivity contribution in [2.24, 2.45) is 17.8 Å². The van der Waals surface area contributed by atoms with Crippen molar-refractivity contribution in [2.75, 3.05) is 31.1 Å². The number of anilines is 1. The molecule has 2 aromatic rings. The number of alkyl carbamates (subject to hydrolysis) is 1. The summed E-state index contributed by atoms with van der Waals surface area (Å²) in [7, 11) is 0. The third kappa shape index (κ3) is 4.01. The highest BCUT2D eigenvalue weighted by Gasteiger charge is 2.40. The number of nitrogens with one attached hydrogen (secondary N) is 1. The first-order valence-corrected chi connectivity index (χ1v) is 11.7. The highest BCUT2D eigenvalue weighted by atomic mass is 19.1. The smallest absolute Gasteiger partial charge is 0.407 e. The first-order chi connectivity index (χ1) is 16.4. The van der Waals surface area contributed by atoms with Crippen LogP contribution in [0.25, 0.3) is 11.0 Å². The van der Waals surface area contributed by atoms with Crippen molar-refractivity contribution < 1.29 is 23.8 Å². The Balaban J connectivity index is 1.45. The number of carboxylic acid groups (broad SMARTS) is 1. The summed E-state index contributed by atoms with van der Waals surface area (Å²) in [5.41, 5.74) is -0.775. The van der Waals surface area contributed by atoms with Crippen molar-refractivity contribution in [1.82, 2.24) is 14.9 Å². The lowest BCUT2D eigenvalue weighted by Crippen LogP contribution is -2.36. The lowest BCUT2D eigenvalue weighted by atomic mass is 9.78. The minimum absolute atomic E-state index is 0.0129. The molecule has 180 valence electrons. The molecule has 0 radical (unpaired) electrons. The zero-order chi connectivity index (χ0) is 24.0. The van der Waals surface area contributed by atoms with Crippen LogP contribution in [-0.4, -0.2) is 53.0 Å². The molecule has 0 aromatic carbocycles. The average Bonchev–Trinajstić information content (AvgIpc) is 3.55. The molecule has 2 aromatic heterocycles. The maximum Gasteiger partial charge on any atom is 0.407 e. The molecule has 0 spiro atoms. The summed E-state index contributed by atoms with van der Waals surface area (Å²) in [5.74, 6) is -1.20. The van der Waals surface area contributed by atoms with Crippen LogP contribution in [0.5, 0.6) is 0 Å². The number of fused-ring (bicyclic) bond motifs is 2. The molecular weight excluding hydrogens is 443 g/mol. The Morgan fingerprint density at radius 1 is 1.32 bits per heavy atom. The van der Waals surface area contributed by atoms with Crippen LogP contribution in [-0.2, 0) is 4.74 Å². The molecule has 2 fully saturated rings. The summed E-state index contributed by atoms with van der Waals surface area (Å²) in [6, 6.07) is 1.19. The maximum absolute atomic E-state index is 15.3. The second kappa shape index (κ2) is 8.73. The highest BCUT2D eigenvalue weighted by Crippen LogP contribution is 2.40. The number of hydrogen-bond acceptors (Lipinski definition) is 6. The molecule has 3 atom stereocenters. The first kappa shape index (κ1) is 22.4. The summed E-state index contributed by atoms with van der Waals surface area (Å²) in [6.07, 6.45) is 7.67. The van der Waals surface area contributed by atoms with Crippen LogP contribution in [0.2, 0.25) is 0 Å². The van der Waals surface area contributed by atoms with Crippen molar-refractivity contribution >= 4 is 28.9 Å². The predicted molar refractivity (Wildman–Crippen MR) is 123 cm³/mol. The number of carboxylic acids is 1. The highest BCUT2D eigenvalue weighted by molar-refractivity contribution is 5.92. The van der Waals surface area contributed by atoms with E-state index in [0.29, 0.717) is 31.9 Å². The molecule has 1 saturated carbocycles. The van der Waals surface area contributed by atoms with E-state index in [0.717, 1.165) is 25.3 Å². The molecule has 3 heterocycles. The fourth-order valence-electron chi connectivity index (χ4n) is 5.21. The van der Waals surface area contributed by atoms with Crippen molar-refractivity contribution in [3.8, 4) is 0 Å². The number of nitrogens with zero attached hydrogens (tertiary/aromatic N) is 3. The van der Waals surface area contributed by atoms with E-state index in [2.05, 4.69) is 22.5 Å². The second-order valence-electron chi connectivity index (χ2n) is 9.24. The maximum atomic E-state index is 15.3. The first-order valence-electron chi connectivity index (χ1n) is 11.7. The summed E-state index contributed by atoms with van der Waals surface area (Å²) < 4.78 is 21.9. The van der Waals surface area contributed by atoms with Crippen molar-refractivity contribution in [2.45, 2.75) is 32.2 Å². The van der Waals surface area contributed by atoms with Gasteiger partial charge >= 0.3 is 12.1 Å². The van der Waals surface area contributed by atoms with E-state index in [4.69, 9.17) is 4.74 Å². The number of carbonyl (C=O) groups is 2. The largest absolute Gasteiger partial charge is 0.477 e. The van der Waals surface area contributed by atoms with Gasteiger partial charge in [-0.05, 0) is 50.0 Å². The Hall–Kier alpha value is -3.43. The van der Waals surface area contributed by atoms with E-state index in [9.17, 15) is 19.5 Å². The Kier molecular flexibility index (Phi) is 5.75. The van der Waals surface area contributed by atoms with Gasteiger partial charge in [-0.25, -0.2) is 19.0 Å². The molecule has 9 nitrogen and oxygen atoms in total. The van der Waals surface area contributed by atoms with Gasteiger partial charge in [0.15, 0.2) is 11.6 Å². The number of carbonyl (C=O) groups excluding carboxylic acids is 1. The van der Waals surface area contributed by atoms with E-state index >= 15 is 4.39 Å². The van der Waals surface area contributed by atoms with Gasteiger partial charge in [-0.3, -0.25) is 4.79 Å². The number of amides is 1. The summed E-state index contributed by atoms with van der Waals surface area (Å²) in [6.45, 7) is 3.69. The minimum atomic E-state index is -1.33. The van der Waals surface area contributed by atoms with Crippen molar-refractivity contribution in [1.29, 1.82) is 0 Å². The van der Waals surface area contributed by atoms with Gasteiger partial charge < -0.3 is 24.6 Å². The van der Waals surface area contributed by atoms with Crippen molar-refractivity contribution in [3.63, 3.8) is 0 Å². The van der Waals surface area contributed by atoms with Crippen LogP contribution in [0.15, 0.2) is 29.2 Å². The molecule has 3 unspecified atom stereocenters. The SMILES string of the molecule is CCOC(=O)NCC1CC=CC2CN(c3nc4c(cc3F)c(=O)c(C(=O)O)cn4C3CC3)CC21. The zero-order valence-electron chi connectivity index (χ0n) is 18.9. The number of pyridine rings is 2. The van der Waals surface area contributed by atoms with Gasteiger partial charge in [-0.1, -0.05) is 12.2 Å². The van der Waals surface area contributed by atoms with E-state index in [1.165, 1.54) is 6.20 Å². The average molecular weight is 471 g/mol. The Morgan fingerprint density at radius 2 is 2.12 bits per heavy atom. The van der Waals surface area contributed by atoms with Gasteiger partial charge in [0, 0.05) is 31.9 Å². The number of rotatable bonds is 6. The molecule has 0 bridgehead atoms. The standard InChI is InChI=1S/C24H27FN4O5/c1-2-34-24(33)26-9-13-4-3-5-14-10-28(11-17(13)14)22-19(25)8-16-20(30)18(23(31)32)12-29(15-6-7-15)21(16)27-22/h3,5,8,12-15,17H,2,4,6-7,9-11H2,1H3,(H,26,33)(H,31,32). The van der Waals surface area contributed by atoms with Gasteiger partial charge in [-0.15, -0.1) is 0 Å². The molecule has 3 aliphatic rings. The molecule has 2 N–H and O–H groups in total. The molecule has 10 heteroatoms. The normalized spacial score (nSPS) is 23.7. The van der Waals surface area contributed by atoms with E-state index < -0.39 is 23.3 Å².